The number of aromatic nitrogens is 2. The van der Waals surface area contributed by atoms with Crippen molar-refractivity contribution >= 4 is 11.3 Å². The van der Waals surface area contributed by atoms with Crippen LogP contribution in [0.1, 0.15) is 41.5 Å². The van der Waals surface area contributed by atoms with Gasteiger partial charge in [0.1, 0.15) is 0 Å². The van der Waals surface area contributed by atoms with Gasteiger partial charge in [0.15, 0.2) is 0 Å². The molecule has 19 heavy (non-hydrogen) atoms. The Bertz CT molecular complexity index is 522. The Morgan fingerprint density at radius 1 is 1.26 bits per heavy atom. The zero-order valence-electron chi connectivity index (χ0n) is 11.8. The molecule has 2 heterocycles. The fourth-order valence-electron chi connectivity index (χ4n) is 2.07. The molecule has 0 radical (unpaired) electrons. The molecule has 0 saturated heterocycles. The lowest BCUT2D eigenvalue weighted by Crippen LogP contribution is -2.25. The summed E-state index contributed by atoms with van der Waals surface area (Å²) in [6.07, 6.45) is 2.03. The summed E-state index contributed by atoms with van der Waals surface area (Å²) >= 11 is 1.71. The highest BCUT2D eigenvalue weighted by atomic mass is 32.1. The Hall–Kier alpha value is -1.26. The standard InChI is InChI=1S/C15H21N3S/c1-4-8-16-15(9-13-10-19-12(3)18-13)14-7-5-6-11(2)17-14/h5-7,10,15-16H,4,8-9H2,1-3H3. The van der Waals surface area contributed by atoms with Gasteiger partial charge < -0.3 is 5.32 Å². The zero-order chi connectivity index (χ0) is 13.7. The molecule has 0 spiro atoms. The first kappa shape index (κ1) is 14.2. The highest BCUT2D eigenvalue weighted by Gasteiger charge is 2.14. The first-order valence-electron chi connectivity index (χ1n) is 6.77. The third-order valence-electron chi connectivity index (χ3n) is 2.99. The van der Waals surface area contributed by atoms with Gasteiger partial charge in [-0.15, -0.1) is 11.3 Å². The van der Waals surface area contributed by atoms with E-state index in [1.54, 1.807) is 11.3 Å². The molecule has 4 heteroatoms. The van der Waals surface area contributed by atoms with Gasteiger partial charge in [-0.1, -0.05) is 13.0 Å². The van der Waals surface area contributed by atoms with Gasteiger partial charge in [0.05, 0.1) is 22.4 Å². The van der Waals surface area contributed by atoms with Crippen molar-refractivity contribution in [2.45, 2.75) is 39.7 Å². The number of hydrogen-bond donors (Lipinski definition) is 1. The highest BCUT2D eigenvalue weighted by molar-refractivity contribution is 7.09. The van der Waals surface area contributed by atoms with E-state index in [9.17, 15) is 0 Å². The first-order chi connectivity index (χ1) is 9.19. The largest absolute Gasteiger partial charge is 0.308 e. The Morgan fingerprint density at radius 3 is 2.74 bits per heavy atom. The maximum atomic E-state index is 4.64. The van der Waals surface area contributed by atoms with Crippen molar-refractivity contribution in [2.24, 2.45) is 0 Å². The van der Waals surface area contributed by atoms with Crippen molar-refractivity contribution in [3.8, 4) is 0 Å². The Labute approximate surface area is 119 Å². The maximum absolute atomic E-state index is 4.64. The minimum Gasteiger partial charge on any atom is -0.308 e. The second kappa shape index (κ2) is 6.78. The monoisotopic (exact) mass is 275 g/mol. The third kappa shape index (κ3) is 4.11. The van der Waals surface area contributed by atoms with Gasteiger partial charge in [0, 0.05) is 17.5 Å². The molecule has 1 atom stereocenters. The van der Waals surface area contributed by atoms with Crippen LogP contribution in [0, 0.1) is 13.8 Å². The van der Waals surface area contributed by atoms with E-state index < -0.39 is 0 Å². The lowest BCUT2D eigenvalue weighted by molar-refractivity contribution is 0.513. The van der Waals surface area contributed by atoms with Crippen LogP contribution in [-0.4, -0.2) is 16.5 Å². The third-order valence-corrected chi connectivity index (χ3v) is 3.81. The fraction of sp³-hybridized carbons (Fsp3) is 0.467. The summed E-state index contributed by atoms with van der Waals surface area (Å²) in [4.78, 5) is 9.20. The van der Waals surface area contributed by atoms with Crippen LogP contribution in [0.5, 0.6) is 0 Å². The lowest BCUT2D eigenvalue weighted by Gasteiger charge is -2.17. The van der Waals surface area contributed by atoms with Crippen molar-refractivity contribution in [1.82, 2.24) is 15.3 Å². The van der Waals surface area contributed by atoms with E-state index in [-0.39, 0.29) is 6.04 Å². The van der Waals surface area contributed by atoms with E-state index in [4.69, 9.17) is 0 Å². The molecule has 0 aromatic carbocycles. The van der Waals surface area contributed by atoms with Gasteiger partial charge in [-0.25, -0.2) is 4.98 Å². The van der Waals surface area contributed by atoms with Crippen LogP contribution in [0.2, 0.25) is 0 Å². The average Bonchev–Trinajstić information content (AvgIpc) is 2.80. The number of rotatable bonds is 6. The van der Waals surface area contributed by atoms with Crippen molar-refractivity contribution in [3.05, 3.63) is 45.7 Å². The van der Waals surface area contributed by atoms with E-state index in [1.807, 2.05) is 19.9 Å². The van der Waals surface area contributed by atoms with E-state index in [2.05, 4.69) is 39.7 Å². The van der Waals surface area contributed by atoms with Gasteiger partial charge in [0.2, 0.25) is 0 Å². The predicted octanol–water partition coefficient (Wildman–Crippen LogP) is 3.44. The SMILES string of the molecule is CCCNC(Cc1csc(C)n1)c1cccc(C)n1. The van der Waals surface area contributed by atoms with Gasteiger partial charge in [-0.05, 0) is 38.9 Å². The van der Waals surface area contributed by atoms with Crippen molar-refractivity contribution < 1.29 is 0 Å². The summed E-state index contributed by atoms with van der Waals surface area (Å²) in [7, 11) is 0. The molecular formula is C15H21N3S. The number of pyridine rings is 1. The molecule has 102 valence electrons. The number of thiazole rings is 1. The molecule has 2 aromatic heterocycles. The number of hydrogen-bond acceptors (Lipinski definition) is 4. The number of aryl methyl sites for hydroxylation is 2. The van der Waals surface area contributed by atoms with Crippen molar-refractivity contribution in [3.63, 3.8) is 0 Å². The summed E-state index contributed by atoms with van der Waals surface area (Å²) in [5.41, 5.74) is 3.33. The molecule has 1 N–H and O–H groups in total. The molecule has 0 fully saturated rings. The predicted molar refractivity (Wildman–Crippen MR) is 80.6 cm³/mol. The molecule has 0 saturated carbocycles. The van der Waals surface area contributed by atoms with E-state index in [0.717, 1.165) is 41.5 Å². The molecular weight excluding hydrogens is 254 g/mol. The Kier molecular flexibility index (Phi) is 5.05. The number of nitrogens with zero attached hydrogens (tertiary/aromatic N) is 2. The molecule has 1 unspecified atom stereocenters. The Morgan fingerprint density at radius 2 is 2.11 bits per heavy atom. The maximum Gasteiger partial charge on any atom is 0.0897 e. The van der Waals surface area contributed by atoms with Crippen molar-refractivity contribution in [2.75, 3.05) is 6.54 Å². The van der Waals surface area contributed by atoms with Crippen LogP contribution >= 0.6 is 11.3 Å². The van der Waals surface area contributed by atoms with Gasteiger partial charge in [-0.2, -0.15) is 0 Å². The van der Waals surface area contributed by atoms with Crippen LogP contribution in [0.4, 0.5) is 0 Å². The van der Waals surface area contributed by atoms with Crippen LogP contribution in [0.15, 0.2) is 23.6 Å². The molecule has 3 nitrogen and oxygen atoms in total. The second-order valence-electron chi connectivity index (χ2n) is 4.77. The van der Waals surface area contributed by atoms with Gasteiger partial charge in [0.25, 0.3) is 0 Å². The average molecular weight is 275 g/mol. The lowest BCUT2D eigenvalue weighted by atomic mass is 10.1. The van der Waals surface area contributed by atoms with Crippen LogP contribution in [-0.2, 0) is 6.42 Å². The first-order valence-corrected chi connectivity index (χ1v) is 7.65. The van der Waals surface area contributed by atoms with Crippen LogP contribution in [0.25, 0.3) is 0 Å². The van der Waals surface area contributed by atoms with Crippen LogP contribution in [0.3, 0.4) is 0 Å². The molecule has 0 bridgehead atoms. The minimum absolute atomic E-state index is 0.251. The fourth-order valence-corrected chi connectivity index (χ4v) is 2.69. The second-order valence-corrected chi connectivity index (χ2v) is 5.83. The quantitative estimate of drug-likeness (QED) is 0.877. The smallest absolute Gasteiger partial charge is 0.0897 e. The molecule has 0 amide bonds. The van der Waals surface area contributed by atoms with Gasteiger partial charge >= 0.3 is 0 Å². The normalized spacial score (nSPS) is 12.6. The highest BCUT2D eigenvalue weighted by Crippen LogP contribution is 2.18. The van der Waals surface area contributed by atoms with E-state index in [0.29, 0.717) is 0 Å². The summed E-state index contributed by atoms with van der Waals surface area (Å²) in [6, 6.07) is 6.46. The molecule has 2 aromatic rings. The minimum atomic E-state index is 0.251. The number of nitrogens with one attached hydrogen (secondary N) is 1. The molecule has 0 aliphatic carbocycles. The summed E-state index contributed by atoms with van der Waals surface area (Å²) in [5.74, 6) is 0. The zero-order valence-corrected chi connectivity index (χ0v) is 12.6. The van der Waals surface area contributed by atoms with E-state index in [1.165, 1.54) is 0 Å². The molecule has 0 aliphatic heterocycles. The summed E-state index contributed by atoms with van der Waals surface area (Å²) in [6.45, 7) is 7.27. The Balaban J connectivity index is 2.15. The summed E-state index contributed by atoms with van der Waals surface area (Å²) in [5, 5.41) is 6.84. The van der Waals surface area contributed by atoms with E-state index >= 15 is 0 Å². The molecule has 2 rings (SSSR count). The van der Waals surface area contributed by atoms with Crippen molar-refractivity contribution in [1.29, 1.82) is 0 Å². The molecule has 0 aliphatic rings. The summed E-state index contributed by atoms with van der Waals surface area (Å²) < 4.78 is 0. The van der Waals surface area contributed by atoms with Crippen LogP contribution < -0.4 is 5.32 Å². The topological polar surface area (TPSA) is 37.8 Å². The van der Waals surface area contributed by atoms with Gasteiger partial charge in [-0.3, -0.25) is 4.98 Å².